The van der Waals surface area contributed by atoms with E-state index in [-0.39, 0.29) is 12.0 Å². The zero-order chi connectivity index (χ0) is 17.6. The molecular formula is C19H25N3O3. The third-order valence-electron chi connectivity index (χ3n) is 4.52. The maximum absolute atomic E-state index is 11.2. The van der Waals surface area contributed by atoms with Gasteiger partial charge in [-0.15, -0.1) is 0 Å². The Morgan fingerprint density at radius 1 is 1.40 bits per heavy atom. The molecule has 1 atom stereocenters. The van der Waals surface area contributed by atoms with Crippen LogP contribution in [0.25, 0.3) is 0 Å². The lowest BCUT2D eigenvalue weighted by molar-refractivity contribution is -0.114. The van der Waals surface area contributed by atoms with Crippen molar-refractivity contribution in [3.8, 4) is 0 Å². The van der Waals surface area contributed by atoms with Gasteiger partial charge < -0.3 is 14.6 Å². The lowest BCUT2D eigenvalue weighted by Crippen LogP contribution is -2.15. The summed E-state index contributed by atoms with van der Waals surface area (Å²) in [6.07, 6.45) is 5.27. The first-order chi connectivity index (χ1) is 12.2. The highest BCUT2D eigenvalue weighted by atomic mass is 16.5. The predicted octanol–water partition coefficient (Wildman–Crippen LogP) is 3.89. The SMILES string of the molecule is CCOC(c1noc(Cc2cccc(NC(C)=O)c2)n1)C1CCCC1. The summed E-state index contributed by atoms with van der Waals surface area (Å²) < 4.78 is 11.4. The van der Waals surface area contributed by atoms with Crippen LogP contribution in [0.3, 0.4) is 0 Å². The molecule has 1 aromatic heterocycles. The average molecular weight is 343 g/mol. The molecule has 1 unspecified atom stereocenters. The van der Waals surface area contributed by atoms with Crippen LogP contribution in [0.4, 0.5) is 5.69 Å². The number of carbonyl (C=O) groups excluding carboxylic acids is 1. The van der Waals surface area contributed by atoms with Gasteiger partial charge in [-0.25, -0.2) is 0 Å². The largest absolute Gasteiger partial charge is 0.370 e. The number of hydrogen-bond donors (Lipinski definition) is 1. The number of ether oxygens (including phenoxy) is 1. The second-order valence-corrected chi connectivity index (χ2v) is 6.53. The summed E-state index contributed by atoms with van der Waals surface area (Å²) >= 11 is 0. The number of nitrogens with zero attached hydrogens (tertiary/aromatic N) is 2. The summed E-state index contributed by atoms with van der Waals surface area (Å²) in [5.74, 6) is 1.61. The van der Waals surface area contributed by atoms with Crippen molar-refractivity contribution in [2.75, 3.05) is 11.9 Å². The molecule has 0 radical (unpaired) electrons. The van der Waals surface area contributed by atoms with Crippen LogP contribution in [0, 0.1) is 5.92 Å². The van der Waals surface area contributed by atoms with E-state index in [2.05, 4.69) is 15.5 Å². The summed E-state index contributed by atoms with van der Waals surface area (Å²) in [6, 6.07) is 7.66. The normalized spacial score (nSPS) is 16.1. The van der Waals surface area contributed by atoms with Crippen LogP contribution in [-0.4, -0.2) is 22.7 Å². The molecule has 0 bridgehead atoms. The number of rotatable bonds is 7. The van der Waals surface area contributed by atoms with Crippen molar-refractivity contribution < 1.29 is 14.1 Å². The number of carbonyl (C=O) groups is 1. The van der Waals surface area contributed by atoms with Crippen molar-refractivity contribution in [3.05, 3.63) is 41.5 Å². The molecule has 6 nitrogen and oxygen atoms in total. The van der Waals surface area contributed by atoms with Gasteiger partial charge in [0.15, 0.2) is 0 Å². The zero-order valence-corrected chi connectivity index (χ0v) is 14.8. The lowest BCUT2D eigenvalue weighted by atomic mass is 10.0. The monoisotopic (exact) mass is 343 g/mol. The first-order valence-electron chi connectivity index (χ1n) is 8.96. The van der Waals surface area contributed by atoms with Crippen LogP contribution >= 0.6 is 0 Å². The Labute approximate surface area is 148 Å². The second kappa shape index (κ2) is 8.25. The van der Waals surface area contributed by atoms with E-state index in [1.165, 1.54) is 19.8 Å². The topological polar surface area (TPSA) is 77.3 Å². The van der Waals surface area contributed by atoms with Crippen molar-refractivity contribution >= 4 is 11.6 Å². The second-order valence-electron chi connectivity index (χ2n) is 6.53. The van der Waals surface area contributed by atoms with Crippen molar-refractivity contribution in [1.29, 1.82) is 0 Å². The van der Waals surface area contributed by atoms with Crippen LogP contribution in [0.1, 0.15) is 62.9 Å². The minimum atomic E-state index is -0.0895. The Balaban J connectivity index is 1.71. The molecule has 6 heteroatoms. The van der Waals surface area contributed by atoms with Crippen molar-refractivity contribution in [3.63, 3.8) is 0 Å². The van der Waals surface area contributed by atoms with E-state index in [0.29, 0.717) is 30.7 Å². The highest BCUT2D eigenvalue weighted by molar-refractivity contribution is 5.88. The highest BCUT2D eigenvalue weighted by Crippen LogP contribution is 2.37. The van der Waals surface area contributed by atoms with E-state index in [1.54, 1.807) is 0 Å². The highest BCUT2D eigenvalue weighted by Gasteiger charge is 2.30. The fourth-order valence-corrected chi connectivity index (χ4v) is 3.45. The van der Waals surface area contributed by atoms with Gasteiger partial charge in [0.2, 0.25) is 17.6 Å². The van der Waals surface area contributed by atoms with E-state index >= 15 is 0 Å². The summed E-state index contributed by atoms with van der Waals surface area (Å²) in [5, 5.41) is 6.95. The summed E-state index contributed by atoms with van der Waals surface area (Å²) in [6.45, 7) is 4.13. The Morgan fingerprint density at radius 3 is 2.92 bits per heavy atom. The summed E-state index contributed by atoms with van der Waals surface area (Å²) in [4.78, 5) is 15.8. The number of hydrogen-bond acceptors (Lipinski definition) is 5. The molecule has 0 saturated heterocycles. The lowest BCUT2D eigenvalue weighted by Gasteiger charge is -2.19. The molecule has 1 saturated carbocycles. The van der Waals surface area contributed by atoms with Gasteiger partial charge in [-0.05, 0) is 43.4 Å². The molecule has 2 aromatic rings. The third kappa shape index (κ3) is 4.66. The minimum Gasteiger partial charge on any atom is -0.370 e. The predicted molar refractivity (Wildman–Crippen MR) is 94.2 cm³/mol. The van der Waals surface area contributed by atoms with Gasteiger partial charge in [-0.1, -0.05) is 30.1 Å². The van der Waals surface area contributed by atoms with Gasteiger partial charge in [0.25, 0.3) is 0 Å². The van der Waals surface area contributed by atoms with E-state index < -0.39 is 0 Å². The number of anilines is 1. The molecular weight excluding hydrogens is 318 g/mol. The first kappa shape index (κ1) is 17.6. The summed E-state index contributed by atoms with van der Waals surface area (Å²) in [5.41, 5.74) is 1.78. The fourth-order valence-electron chi connectivity index (χ4n) is 3.45. The van der Waals surface area contributed by atoms with E-state index in [0.717, 1.165) is 24.1 Å². The van der Waals surface area contributed by atoms with Crippen molar-refractivity contribution in [1.82, 2.24) is 10.1 Å². The smallest absolute Gasteiger partial charge is 0.231 e. The van der Waals surface area contributed by atoms with Gasteiger partial charge in [-0.2, -0.15) is 4.98 Å². The van der Waals surface area contributed by atoms with Gasteiger partial charge >= 0.3 is 0 Å². The van der Waals surface area contributed by atoms with Gasteiger partial charge in [0, 0.05) is 19.2 Å². The first-order valence-corrected chi connectivity index (χ1v) is 8.96. The standard InChI is InChI=1S/C19H25N3O3/c1-3-24-18(15-8-4-5-9-15)19-21-17(25-22-19)12-14-7-6-10-16(11-14)20-13(2)23/h6-7,10-11,15,18H,3-5,8-9,12H2,1-2H3,(H,20,23). The molecule has 134 valence electrons. The molecule has 0 spiro atoms. The van der Waals surface area contributed by atoms with Crippen LogP contribution in [0.2, 0.25) is 0 Å². The van der Waals surface area contributed by atoms with Gasteiger partial charge in [-0.3, -0.25) is 4.79 Å². The average Bonchev–Trinajstić information content (AvgIpc) is 3.24. The molecule has 1 N–H and O–H groups in total. The minimum absolute atomic E-state index is 0.0734. The number of amides is 1. The Morgan fingerprint density at radius 2 is 2.20 bits per heavy atom. The van der Waals surface area contributed by atoms with Gasteiger partial charge in [0.1, 0.15) is 6.10 Å². The van der Waals surface area contributed by atoms with E-state index in [1.807, 2.05) is 31.2 Å². The molecule has 25 heavy (non-hydrogen) atoms. The van der Waals surface area contributed by atoms with Crippen LogP contribution < -0.4 is 5.32 Å². The fraction of sp³-hybridized carbons (Fsp3) is 0.526. The number of nitrogens with one attached hydrogen (secondary N) is 1. The quantitative estimate of drug-likeness (QED) is 0.825. The maximum atomic E-state index is 11.2. The van der Waals surface area contributed by atoms with E-state index in [9.17, 15) is 4.79 Å². The maximum Gasteiger partial charge on any atom is 0.231 e. The molecule has 1 fully saturated rings. The van der Waals surface area contributed by atoms with E-state index in [4.69, 9.17) is 9.26 Å². The summed E-state index contributed by atoms with van der Waals surface area (Å²) in [7, 11) is 0. The molecule has 1 aliphatic carbocycles. The van der Waals surface area contributed by atoms with Crippen LogP contribution in [0.15, 0.2) is 28.8 Å². The zero-order valence-electron chi connectivity index (χ0n) is 14.8. The molecule has 1 heterocycles. The molecule has 0 aliphatic heterocycles. The molecule has 1 aromatic carbocycles. The van der Waals surface area contributed by atoms with Crippen molar-refractivity contribution in [2.24, 2.45) is 5.92 Å². The van der Waals surface area contributed by atoms with Crippen LogP contribution in [0.5, 0.6) is 0 Å². The van der Waals surface area contributed by atoms with Crippen molar-refractivity contribution in [2.45, 2.75) is 52.1 Å². The molecule has 1 amide bonds. The number of benzene rings is 1. The molecule has 3 rings (SSSR count). The van der Waals surface area contributed by atoms with Crippen LogP contribution in [-0.2, 0) is 16.0 Å². The van der Waals surface area contributed by atoms with Gasteiger partial charge in [0.05, 0.1) is 6.42 Å². The Bertz CT molecular complexity index is 707. The molecule has 1 aliphatic rings. The Hall–Kier alpha value is -2.21. The number of aromatic nitrogens is 2. The Kier molecular flexibility index (Phi) is 5.81. The third-order valence-corrected chi connectivity index (χ3v) is 4.52.